The standard InChI is InChI=1S/C28H27N5O2/c1-19-12-13-22(18-20(19)2)29-26(34)15-14-25-30-31-28-32(17-16-21-8-4-3-5-9-21)27(35)23-10-6-7-11-24(23)33(25)28/h3-13,18H,14-17H2,1-2H3,(H,29,34). The summed E-state index contributed by atoms with van der Waals surface area (Å²) in [6.45, 7) is 4.55. The Morgan fingerprint density at radius 1 is 0.886 bits per heavy atom. The summed E-state index contributed by atoms with van der Waals surface area (Å²) in [5.41, 5.74) is 4.90. The molecule has 7 heteroatoms. The monoisotopic (exact) mass is 465 g/mol. The molecule has 2 aromatic heterocycles. The fourth-order valence-corrected chi connectivity index (χ4v) is 4.33. The van der Waals surface area contributed by atoms with E-state index in [-0.39, 0.29) is 17.9 Å². The van der Waals surface area contributed by atoms with Crippen LogP contribution >= 0.6 is 0 Å². The topological polar surface area (TPSA) is 81.3 Å². The van der Waals surface area contributed by atoms with E-state index < -0.39 is 0 Å². The van der Waals surface area contributed by atoms with Crippen molar-refractivity contribution in [1.29, 1.82) is 0 Å². The van der Waals surface area contributed by atoms with E-state index in [4.69, 9.17) is 0 Å². The van der Waals surface area contributed by atoms with E-state index in [1.54, 1.807) is 4.57 Å². The molecule has 0 atom stereocenters. The summed E-state index contributed by atoms with van der Waals surface area (Å²) in [6.07, 6.45) is 1.36. The first-order chi connectivity index (χ1) is 17.0. The lowest BCUT2D eigenvalue weighted by atomic mass is 10.1. The number of para-hydroxylation sites is 1. The van der Waals surface area contributed by atoms with Crippen LogP contribution in [0.3, 0.4) is 0 Å². The zero-order chi connectivity index (χ0) is 24.4. The number of aryl methyl sites for hydroxylation is 5. The molecule has 0 spiro atoms. The Morgan fingerprint density at radius 2 is 1.66 bits per heavy atom. The molecule has 0 fully saturated rings. The third-order valence-electron chi connectivity index (χ3n) is 6.41. The maximum absolute atomic E-state index is 13.3. The summed E-state index contributed by atoms with van der Waals surface area (Å²) in [5, 5.41) is 12.3. The van der Waals surface area contributed by atoms with Crippen molar-refractivity contribution in [2.75, 3.05) is 5.32 Å². The summed E-state index contributed by atoms with van der Waals surface area (Å²) in [7, 11) is 0. The van der Waals surface area contributed by atoms with Crippen molar-refractivity contribution in [2.24, 2.45) is 0 Å². The number of nitrogens with one attached hydrogen (secondary N) is 1. The summed E-state index contributed by atoms with van der Waals surface area (Å²) >= 11 is 0. The van der Waals surface area contributed by atoms with Crippen molar-refractivity contribution < 1.29 is 4.79 Å². The SMILES string of the molecule is Cc1ccc(NC(=O)CCc2nnc3n(CCc4ccccc4)c(=O)c4ccccc4n23)cc1C. The molecular formula is C28H27N5O2. The fourth-order valence-electron chi connectivity index (χ4n) is 4.33. The molecule has 0 saturated heterocycles. The van der Waals surface area contributed by atoms with Gasteiger partial charge in [-0.2, -0.15) is 0 Å². The molecule has 5 rings (SSSR count). The molecular weight excluding hydrogens is 438 g/mol. The minimum Gasteiger partial charge on any atom is -0.326 e. The number of anilines is 1. The fraction of sp³-hybridized carbons (Fsp3) is 0.214. The van der Waals surface area contributed by atoms with Gasteiger partial charge in [0.05, 0.1) is 10.9 Å². The predicted molar refractivity (Wildman–Crippen MR) is 138 cm³/mol. The Kier molecular flexibility index (Phi) is 6.14. The van der Waals surface area contributed by atoms with Gasteiger partial charge in [-0.25, -0.2) is 0 Å². The Hall–Kier alpha value is -4.26. The summed E-state index contributed by atoms with van der Waals surface area (Å²) in [6, 6.07) is 23.4. The highest BCUT2D eigenvalue weighted by Gasteiger charge is 2.17. The van der Waals surface area contributed by atoms with Crippen LogP contribution in [0.25, 0.3) is 16.7 Å². The first-order valence-corrected chi connectivity index (χ1v) is 11.8. The van der Waals surface area contributed by atoms with Crippen molar-refractivity contribution in [3.63, 3.8) is 0 Å². The maximum Gasteiger partial charge on any atom is 0.262 e. The Bertz CT molecular complexity index is 1580. The molecule has 0 aliphatic carbocycles. The Balaban J connectivity index is 1.44. The molecule has 35 heavy (non-hydrogen) atoms. The molecule has 0 aliphatic heterocycles. The summed E-state index contributed by atoms with van der Waals surface area (Å²) in [4.78, 5) is 26.0. The summed E-state index contributed by atoms with van der Waals surface area (Å²) < 4.78 is 3.59. The maximum atomic E-state index is 13.3. The first-order valence-electron chi connectivity index (χ1n) is 11.8. The van der Waals surface area contributed by atoms with E-state index in [1.165, 1.54) is 5.56 Å². The molecule has 1 N–H and O–H groups in total. The molecule has 1 amide bonds. The summed E-state index contributed by atoms with van der Waals surface area (Å²) in [5.74, 6) is 1.06. The van der Waals surface area contributed by atoms with Crippen LogP contribution in [0.2, 0.25) is 0 Å². The molecule has 7 nitrogen and oxygen atoms in total. The van der Waals surface area contributed by atoms with E-state index in [0.717, 1.165) is 22.3 Å². The molecule has 176 valence electrons. The van der Waals surface area contributed by atoms with Crippen LogP contribution in [0.15, 0.2) is 77.6 Å². The van der Waals surface area contributed by atoms with E-state index in [1.807, 2.05) is 91.0 Å². The molecule has 0 saturated carbocycles. The van der Waals surface area contributed by atoms with Crippen LogP contribution in [0.1, 0.15) is 28.9 Å². The Morgan fingerprint density at radius 3 is 2.46 bits per heavy atom. The lowest BCUT2D eigenvalue weighted by molar-refractivity contribution is -0.116. The highest BCUT2D eigenvalue weighted by Crippen LogP contribution is 2.17. The molecule has 0 aliphatic rings. The molecule has 0 bridgehead atoms. The van der Waals surface area contributed by atoms with Gasteiger partial charge in [0.2, 0.25) is 11.7 Å². The van der Waals surface area contributed by atoms with E-state index in [2.05, 4.69) is 15.5 Å². The van der Waals surface area contributed by atoms with Crippen molar-refractivity contribution in [2.45, 2.75) is 39.7 Å². The first kappa shape index (κ1) is 22.5. The number of fused-ring (bicyclic) bond motifs is 3. The molecule has 5 aromatic rings. The van der Waals surface area contributed by atoms with E-state index >= 15 is 0 Å². The van der Waals surface area contributed by atoms with Crippen molar-refractivity contribution in [3.05, 3.63) is 106 Å². The quantitative estimate of drug-likeness (QED) is 0.384. The van der Waals surface area contributed by atoms with Crippen molar-refractivity contribution in [3.8, 4) is 0 Å². The van der Waals surface area contributed by atoms with E-state index in [9.17, 15) is 9.59 Å². The number of hydrogen-bond acceptors (Lipinski definition) is 4. The zero-order valence-electron chi connectivity index (χ0n) is 19.9. The second-order valence-corrected chi connectivity index (χ2v) is 8.81. The minimum absolute atomic E-state index is 0.0875. The van der Waals surface area contributed by atoms with Crippen molar-refractivity contribution in [1.82, 2.24) is 19.2 Å². The Labute approximate surface area is 203 Å². The van der Waals surface area contributed by atoms with E-state index in [0.29, 0.717) is 36.4 Å². The molecule has 3 aromatic carbocycles. The number of rotatable bonds is 7. The van der Waals surface area contributed by atoms with Crippen molar-refractivity contribution >= 4 is 28.3 Å². The second kappa shape index (κ2) is 9.54. The third-order valence-corrected chi connectivity index (χ3v) is 6.41. The lowest BCUT2D eigenvalue weighted by Crippen LogP contribution is -2.24. The molecule has 0 radical (unpaired) electrons. The number of benzene rings is 3. The van der Waals surface area contributed by atoms with Gasteiger partial charge in [0, 0.05) is 25.1 Å². The highest BCUT2D eigenvalue weighted by atomic mass is 16.1. The number of carbonyl (C=O) groups is 1. The number of hydrogen-bond donors (Lipinski definition) is 1. The number of aromatic nitrogens is 4. The lowest BCUT2D eigenvalue weighted by Gasteiger charge is -2.12. The third kappa shape index (κ3) is 4.57. The van der Waals surface area contributed by atoms with Crippen LogP contribution in [0.5, 0.6) is 0 Å². The second-order valence-electron chi connectivity index (χ2n) is 8.81. The van der Waals surface area contributed by atoms with Gasteiger partial charge in [0.15, 0.2) is 0 Å². The van der Waals surface area contributed by atoms with Gasteiger partial charge < -0.3 is 5.32 Å². The average Bonchev–Trinajstić information content (AvgIpc) is 3.29. The predicted octanol–water partition coefficient (Wildman–Crippen LogP) is 4.48. The largest absolute Gasteiger partial charge is 0.326 e. The number of carbonyl (C=O) groups excluding carboxylic acids is 1. The number of nitrogens with zero attached hydrogens (tertiary/aromatic N) is 4. The minimum atomic E-state index is -0.0910. The smallest absolute Gasteiger partial charge is 0.262 e. The van der Waals surface area contributed by atoms with Crippen LogP contribution < -0.4 is 10.9 Å². The molecule has 2 heterocycles. The highest BCUT2D eigenvalue weighted by molar-refractivity contribution is 5.91. The van der Waals surface area contributed by atoms with Gasteiger partial charge in [0.25, 0.3) is 5.56 Å². The number of amides is 1. The van der Waals surface area contributed by atoms with Crippen LogP contribution in [0, 0.1) is 13.8 Å². The average molecular weight is 466 g/mol. The normalized spacial score (nSPS) is 11.3. The van der Waals surface area contributed by atoms with Gasteiger partial charge in [-0.1, -0.05) is 48.5 Å². The van der Waals surface area contributed by atoms with Gasteiger partial charge in [0.1, 0.15) is 5.82 Å². The zero-order valence-corrected chi connectivity index (χ0v) is 19.9. The van der Waals surface area contributed by atoms with Crippen LogP contribution in [0.4, 0.5) is 5.69 Å². The van der Waals surface area contributed by atoms with Gasteiger partial charge in [-0.15, -0.1) is 10.2 Å². The van der Waals surface area contributed by atoms with Gasteiger partial charge in [-0.3, -0.25) is 18.6 Å². The van der Waals surface area contributed by atoms with Gasteiger partial charge in [-0.05, 0) is 61.2 Å². The van der Waals surface area contributed by atoms with Gasteiger partial charge >= 0.3 is 0 Å². The molecule has 0 unspecified atom stereocenters. The van der Waals surface area contributed by atoms with Crippen LogP contribution in [-0.4, -0.2) is 25.1 Å². The van der Waals surface area contributed by atoms with Crippen LogP contribution in [-0.2, 0) is 24.2 Å².